The average molecular weight is 319 g/mol. The fourth-order valence-electron chi connectivity index (χ4n) is 3.24. The fraction of sp³-hybridized carbons (Fsp3) is 0.278. The number of nitrogens with one attached hydrogen (secondary N) is 1. The second kappa shape index (κ2) is 5.33. The average Bonchev–Trinajstić information content (AvgIpc) is 2.87. The van der Waals surface area contributed by atoms with Crippen molar-refractivity contribution in [2.75, 3.05) is 0 Å². The molecule has 24 heavy (non-hydrogen) atoms. The van der Waals surface area contributed by atoms with Gasteiger partial charge in [-0.2, -0.15) is 15.3 Å². The van der Waals surface area contributed by atoms with E-state index in [9.17, 15) is 4.79 Å². The molecule has 3 heterocycles. The van der Waals surface area contributed by atoms with Gasteiger partial charge in [0.25, 0.3) is 0 Å². The van der Waals surface area contributed by atoms with Crippen molar-refractivity contribution in [1.82, 2.24) is 15.6 Å². The first-order chi connectivity index (χ1) is 11.6. The number of hydrogen-bond donors (Lipinski definition) is 1. The number of nitrogens with zero attached hydrogens (tertiary/aromatic N) is 4. The van der Waals surface area contributed by atoms with E-state index in [4.69, 9.17) is 4.99 Å². The Morgan fingerprint density at radius 2 is 1.96 bits per heavy atom. The van der Waals surface area contributed by atoms with E-state index in [0.717, 1.165) is 33.8 Å². The predicted molar refractivity (Wildman–Crippen MR) is 91.6 cm³/mol. The van der Waals surface area contributed by atoms with E-state index in [1.165, 1.54) is 0 Å². The monoisotopic (exact) mass is 319 g/mol. The van der Waals surface area contributed by atoms with E-state index >= 15 is 0 Å². The maximum Gasteiger partial charge on any atom is 0.240 e. The van der Waals surface area contributed by atoms with Crippen LogP contribution >= 0.6 is 0 Å². The Bertz CT molecular complexity index is 884. The number of carbonyl (C=O) groups is 1. The lowest BCUT2D eigenvalue weighted by molar-refractivity contribution is -0.121. The van der Waals surface area contributed by atoms with Gasteiger partial charge in [-0.1, -0.05) is 19.9 Å². The van der Waals surface area contributed by atoms with Crippen molar-refractivity contribution in [3.05, 3.63) is 53.3 Å². The normalized spacial score (nSPS) is 18.5. The Morgan fingerprint density at radius 1 is 1.08 bits per heavy atom. The summed E-state index contributed by atoms with van der Waals surface area (Å²) in [4.78, 5) is 16.1. The highest BCUT2D eigenvalue weighted by Crippen LogP contribution is 2.42. The summed E-state index contributed by atoms with van der Waals surface area (Å²) < 4.78 is 0. The third-order valence-electron chi connectivity index (χ3n) is 4.59. The summed E-state index contributed by atoms with van der Waals surface area (Å²) in [7, 11) is 0. The van der Waals surface area contributed by atoms with Gasteiger partial charge in [-0.15, -0.1) is 0 Å². The van der Waals surface area contributed by atoms with Crippen LogP contribution in [0.2, 0.25) is 0 Å². The Morgan fingerprint density at radius 3 is 2.67 bits per heavy atom. The van der Waals surface area contributed by atoms with Crippen molar-refractivity contribution in [1.29, 1.82) is 0 Å². The van der Waals surface area contributed by atoms with E-state index in [-0.39, 0.29) is 11.3 Å². The van der Waals surface area contributed by atoms with Crippen molar-refractivity contribution in [3.63, 3.8) is 0 Å². The minimum absolute atomic E-state index is 0.0314. The van der Waals surface area contributed by atoms with E-state index in [1.807, 2.05) is 18.2 Å². The zero-order valence-corrected chi connectivity index (χ0v) is 13.6. The van der Waals surface area contributed by atoms with E-state index in [0.29, 0.717) is 12.8 Å². The molecule has 0 aliphatic carbocycles. The van der Waals surface area contributed by atoms with Gasteiger partial charge < -0.3 is 0 Å². The molecule has 1 amide bonds. The maximum absolute atomic E-state index is 11.3. The molecule has 1 N–H and O–H groups in total. The minimum atomic E-state index is -0.229. The zero-order chi connectivity index (χ0) is 16.7. The third-order valence-corrected chi connectivity index (χ3v) is 4.59. The summed E-state index contributed by atoms with van der Waals surface area (Å²) in [5, 5.41) is 12.0. The Labute approximate surface area is 139 Å². The molecule has 2 aliphatic heterocycles. The Kier molecular flexibility index (Phi) is 3.26. The lowest BCUT2D eigenvalue weighted by Crippen LogP contribution is -2.28. The first-order valence-corrected chi connectivity index (χ1v) is 7.92. The van der Waals surface area contributed by atoms with Crippen molar-refractivity contribution >= 4 is 23.0 Å². The molecule has 2 aromatic rings. The molecule has 4 rings (SSSR count). The van der Waals surface area contributed by atoms with Gasteiger partial charge in [0.1, 0.15) is 0 Å². The SMILES string of the molecule is CC1(C)C(c2ccnnc2)=Nc2ccc(C3=NNC(=O)CC3)cc21. The van der Waals surface area contributed by atoms with Crippen LogP contribution in [0.3, 0.4) is 0 Å². The summed E-state index contributed by atoms with van der Waals surface area (Å²) in [6.07, 6.45) is 4.56. The minimum Gasteiger partial charge on any atom is -0.273 e. The summed E-state index contributed by atoms with van der Waals surface area (Å²) >= 11 is 0. The molecule has 2 aliphatic rings. The quantitative estimate of drug-likeness (QED) is 0.923. The van der Waals surface area contributed by atoms with Crippen LogP contribution in [0.1, 0.15) is 43.4 Å². The van der Waals surface area contributed by atoms with Gasteiger partial charge in [0.2, 0.25) is 5.91 Å². The van der Waals surface area contributed by atoms with Crippen molar-refractivity contribution in [2.24, 2.45) is 10.1 Å². The Hall–Kier alpha value is -2.89. The van der Waals surface area contributed by atoms with Crippen LogP contribution in [0.4, 0.5) is 5.69 Å². The highest BCUT2D eigenvalue weighted by Gasteiger charge is 2.36. The molecule has 0 fully saturated rings. The zero-order valence-electron chi connectivity index (χ0n) is 13.6. The highest BCUT2D eigenvalue weighted by molar-refractivity contribution is 6.13. The molecule has 0 saturated heterocycles. The predicted octanol–water partition coefficient (Wildman–Crippen LogP) is 2.50. The summed E-state index contributed by atoms with van der Waals surface area (Å²) in [5.74, 6) is -0.0314. The molecular formula is C18H17N5O. The number of amides is 1. The van der Waals surface area contributed by atoms with Crippen LogP contribution < -0.4 is 5.43 Å². The molecule has 6 heteroatoms. The molecule has 1 aromatic heterocycles. The number of aromatic nitrogens is 2. The van der Waals surface area contributed by atoms with Gasteiger partial charge in [-0.25, -0.2) is 5.43 Å². The summed E-state index contributed by atoms with van der Waals surface area (Å²) in [5.41, 5.74) is 8.37. The van der Waals surface area contributed by atoms with Crippen LogP contribution in [-0.2, 0) is 10.2 Å². The lowest BCUT2D eigenvalue weighted by atomic mass is 9.78. The second-order valence-electron chi connectivity index (χ2n) is 6.54. The Balaban J connectivity index is 1.74. The van der Waals surface area contributed by atoms with Crippen molar-refractivity contribution < 1.29 is 4.79 Å². The van der Waals surface area contributed by atoms with E-state index in [2.05, 4.69) is 40.6 Å². The van der Waals surface area contributed by atoms with Crippen molar-refractivity contribution in [3.8, 4) is 0 Å². The largest absolute Gasteiger partial charge is 0.273 e. The molecule has 0 unspecified atom stereocenters. The van der Waals surface area contributed by atoms with Gasteiger partial charge >= 0.3 is 0 Å². The molecule has 120 valence electrons. The van der Waals surface area contributed by atoms with Gasteiger partial charge in [0, 0.05) is 23.8 Å². The fourth-order valence-corrected chi connectivity index (χ4v) is 3.24. The molecule has 6 nitrogen and oxygen atoms in total. The van der Waals surface area contributed by atoms with E-state index < -0.39 is 0 Å². The highest BCUT2D eigenvalue weighted by atomic mass is 16.2. The van der Waals surface area contributed by atoms with Crippen LogP contribution in [0.25, 0.3) is 0 Å². The summed E-state index contributed by atoms with van der Waals surface area (Å²) in [6, 6.07) is 8.10. The standard InChI is InChI=1S/C18H17N5O/c1-18(2)13-9-11(14-5-6-16(24)23-22-14)3-4-15(13)21-17(18)12-7-8-19-20-10-12/h3-4,7-10H,5-6H2,1-2H3,(H,23,24). The number of rotatable bonds is 2. The molecule has 0 atom stereocenters. The van der Waals surface area contributed by atoms with Gasteiger partial charge in [0.15, 0.2) is 0 Å². The molecule has 1 aromatic carbocycles. The van der Waals surface area contributed by atoms with E-state index in [1.54, 1.807) is 12.4 Å². The molecule has 0 saturated carbocycles. The molecule has 0 radical (unpaired) electrons. The van der Waals surface area contributed by atoms with Crippen LogP contribution in [0.5, 0.6) is 0 Å². The number of fused-ring (bicyclic) bond motifs is 1. The van der Waals surface area contributed by atoms with Gasteiger partial charge in [-0.05, 0) is 29.3 Å². The smallest absolute Gasteiger partial charge is 0.240 e. The molecular weight excluding hydrogens is 302 g/mol. The first-order valence-electron chi connectivity index (χ1n) is 7.92. The number of carbonyl (C=O) groups excluding carboxylic acids is 1. The van der Waals surface area contributed by atoms with Gasteiger partial charge in [0.05, 0.1) is 29.5 Å². The summed E-state index contributed by atoms with van der Waals surface area (Å²) in [6.45, 7) is 4.32. The van der Waals surface area contributed by atoms with Crippen LogP contribution in [0.15, 0.2) is 46.8 Å². The van der Waals surface area contributed by atoms with Gasteiger partial charge in [-0.3, -0.25) is 9.79 Å². The first kappa shape index (κ1) is 14.7. The number of benzene rings is 1. The third kappa shape index (κ3) is 2.31. The lowest BCUT2D eigenvalue weighted by Gasteiger charge is -2.23. The maximum atomic E-state index is 11.3. The van der Waals surface area contributed by atoms with Crippen LogP contribution in [-0.4, -0.2) is 27.5 Å². The topological polar surface area (TPSA) is 79.6 Å². The van der Waals surface area contributed by atoms with Crippen molar-refractivity contribution in [2.45, 2.75) is 32.1 Å². The number of hydrazone groups is 1. The number of aliphatic imine (C=N–C) groups is 1. The van der Waals surface area contributed by atoms with Crippen LogP contribution in [0, 0.1) is 0 Å². The molecule has 0 spiro atoms. The second-order valence-corrected chi connectivity index (χ2v) is 6.54. The number of hydrogen-bond acceptors (Lipinski definition) is 5. The molecule has 0 bridgehead atoms.